The van der Waals surface area contributed by atoms with Crippen LogP contribution in [0, 0.1) is 0 Å². The van der Waals surface area contributed by atoms with Gasteiger partial charge < -0.3 is 10.1 Å². The van der Waals surface area contributed by atoms with Crippen LogP contribution < -0.4 is 10.1 Å². The Labute approximate surface area is 99.0 Å². The molecule has 1 aromatic rings. The Bertz CT molecular complexity index is 333. The fraction of sp³-hybridized carbons (Fsp3) is 0.333. The highest BCUT2D eigenvalue weighted by Gasteiger charge is 2.14. The number of benzene rings is 1. The average Bonchev–Trinajstić information content (AvgIpc) is 2.15. The molecule has 5 heteroatoms. The topological polar surface area (TPSA) is 21.3 Å². The number of halogens is 2. The lowest BCUT2D eigenvalue weighted by molar-refractivity contribution is 0.408. The van der Waals surface area contributed by atoms with E-state index >= 15 is 0 Å². The zero-order valence-electron chi connectivity index (χ0n) is 7.84. The quantitative estimate of drug-likeness (QED) is 0.637. The molecule has 0 aliphatic carbocycles. The molecule has 0 aromatic heterocycles. The molecule has 14 heavy (non-hydrogen) atoms. The van der Waals surface area contributed by atoms with Crippen molar-refractivity contribution in [1.29, 1.82) is 0 Å². The predicted octanol–water partition coefficient (Wildman–Crippen LogP) is 3.15. The van der Waals surface area contributed by atoms with Gasteiger partial charge in [-0.05, 0) is 19.2 Å². The van der Waals surface area contributed by atoms with Gasteiger partial charge in [-0.3, -0.25) is 0 Å². The molecule has 0 bridgehead atoms. The Morgan fingerprint density at radius 2 is 2.07 bits per heavy atom. The summed E-state index contributed by atoms with van der Waals surface area (Å²) < 4.78 is 5.17. The van der Waals surface area contributed by atoms with Crippen LogP contribution in [0.15, 0.2) is 12.1 Å². The normalized spacial score (nSPS) is 12.6. The lowest BCUT2D eigenvalue weighted by Gasteiger charge is -2.15. The van der Waals surface area contributed by atoms with Gasteiger partial charge in [0.1, 0.15) is 5.75 Å². The van der Waals surface area contributed by atoms with E-state index in [-0.39, 0.29) is 5.37 Å². The largest absolute Gasteiger partial charge is 0.495 e. The van der Waals surface area contributed by atoms with Crippen LogP contribution in [0.4, 0.5) is 0 Å². The Hall–Kier alpha value is -0.0900. The zero-order valence-corrected chi connectivity index (χ0v) is 10.2. The number of ether oxygens (including phenoxy) is 1. The molecule has 2 nitrogen and oxygen atoms in total. The number of nitrogens with one attached hydrogen (secondary N) is 1. The lowest BCUT2D eigenvalue weighted by Crippen LogP contribution is -2.11. The van der Waals surface area contributed by atoms with Crippen LogP contribution in [-0.4, -0.2) is 14.2 Å². The maximum Gasteiger partial charge on any atom is 0.143 e. The van der Waals surface area contributed by atoms with Crippen LogP contribution in [0.3, 0.4) is 0 Å². The van der Waals surface area contributed by atoms with Crippen molar-refractivity contribution >= 4 is 35.8 Å². The molecule has 1 unspecified atom stereocenters. The van der Waals surface area contributed by atoms with Gasteiger partial charge in [-0.15, -0.1) is 0 Å². The van der Waals surface area contributed by atoms with Gasteiger partial charge in [0.15, 0.2) is 0 Å². The van der Waals surface area contributed by atoms with Gasteiger partial charge in [-0.25, -0.2) is 0 Å². The van der Waals surface area contributed by atoms with E-state index in [0.717, 1.165) is 5.56 Å². The van der Waals surface area contributed by atoms with Crippen LogP contribution in [0.1, 0.15) is 10.9 Å². The first-order chi connectivity index (χ1) is 6.60. The Morgan fingerprint density at radius 3 is 2.57 bits per heavy atom. The SMILES string of the molecule is CNC(S)c1cc(Cl)cc(Cl)c1OC. The molecule has 0 radical (unpaired) electrons. The van der Waals surface area contributed by atoms with Gasteiger partial charge in [0, 0.05) is 10.6 Å². The Morgan fingerprint density at radius 1 is 1.43 bits per heavy atom. The maximum atomic E-state index is 5.96. The fourth-order valence-electron chi connectivity index (χ4n) is 1.15. The third-order valence-electron chi connectivity index (χ3n) is 1.81. The van der Waals surface area contributed by atoms with E-state index in [2.05, 4.69) is 17.9 Å². The van der Waals surface area contributed by atoms with E-state index in [0.29, 0.717) is 15.8 Å². The summed E-state index contributed by atoms with van der Waals surface area (Å²) in [5, 5.41) is 3.89. The van der Waals surface area contributed by atoms with Crippen molar-refractivity contribution in [2.24, 2.45) is 0 Å². The number of hydrogen-bond acceptors (Lipinski definition) is 3. The second-order valence-electron chi connectivity index (χ2n) is 2.70. The summed E-state index contributed by atoms with van der Waals surface area (Å²) in [6, 6.07) is 3.42. The molecule has 0 heterocycles. The minimum absolute atomic E-state index is 0.152. The van der Waals surface area contributed by atoms with E-state index in [9.17, 15) is 0 Å². The number of rotatable bonds is 3. The van der Waals surface area contributed by atoms with Gasteiger partial charge in [0.2, 0.25) is 0 Å². The highest BCUT2D eigenvalue weighted by Crippen LogP contribution is 2.36. The van der Waals surface area contributed by atoms with Gasteiger partial charge >= 0.3 is 0 Å². The van der Waals surface area contributed by atoms with Crippen LogP contribution in [0.5, 0.6) is 5.75 Å². The molecule has 0 saturated heterocycles. The summed E-state index contributed by atoms with van der Waals surface area (Å²) in [5.41, 5.74) is 0.829. The van der Waals surface area contributed by atoms with E-state index in [4.69, 9.17) is 27.9 Å². The standard InChI is InChI=1S/C9H11Cl2NOS/c1-12-9(14)6-3-5(10)4-7(11)8(6)13-2/h3-4,9,12,14H,1-2H3. The molecule has 1 rings (SSSR count). The van der Waals surface area contributed by atoms with Gasteiger partial charge in [-0.2, -0.15) is 12.6 Å². The first-order valence-corrected chi connectivity index (χ1v) is 5.25. The second kappa shape index (κ2) is 5.12. The van der Waals surface area contributed by atoms with Gasteiger partial charge in [-0.1, -0.05) is 23.2 Å². The van der Waals surface area contributed by atoms with Crippen molar-refractivity contribution in [3.63, 3.8) is 0 Å². The van der Waals surface area contributed by atoms with E-state index in [1.54, 1.807) is 26.3 Å². The molecule has 78 valence electrons. The lowest BCUT2D eigenvalue weighted by atomic mass is 10.2. The molecular weight excluding hydrogens is 241 g/mol. The van der Waals surface area contributed by atoms with Crippen molar-refractivity contribution in [3.05, 3.63) is 27.7 Å². The van der Waals surface area contributed by atoms with E-state index < -0.39 is 0 Å². The molecule has 0 spiro atoms. The van der Waals surface area contributed by atoms with Crippen LogP contribution in [-0.2, 0) is 0 Å². The van der Waals surface area contributed by atoms with Crippen molar-refractivity contribution < 1.29 is 4.74 Å². The first-order valence-electron chi connectivity index (χ1n) is 3.98. The predicted molar refractivity (Wildman–Crippen MR) is 63.8 cm³/mol. The molecule has 0 aliphatic heterocycles. The van der Waals surface area contributed by atoms with Gasteiger partial charge in [0.25, 0.3) is 0 Å². The summed E-state index contributed by atoms with van der Waals surface area (Å²) in [6.07, 6.45) is 0. The smallest absolute Gasteiger partial charge is 0.143 e. The average molecular weight is 252 g/mol. The molecule has 1 atom stereocenters. The van der Waals surface area contributed by atoms with Crippen molar-refractivity contribution in [2.45, 2.75) is 5.37 Å². The van der Waals surface area contributed by atoms with Gasteiger partial charge in [0.05, 0.1) is 17.5 Å². The third kappa shape index (κ3) is 2.48. The fourth-order valence-corrected chi connectivity index (χ4v) is 1.93. The van der Waals surface area contributed by atoms with E-state index in [1.807, 2.05) is 0 Å². The molecule has 0 saturated carbocycles. The Balaban J connectivity index is 3.24. The number of thiol groups is 1. The van der Waals surface area contributed by atoms with Crippen LogP contribution >= 0.6 is 35.8 Å². The monoisotopic (exact) mass is 251 g/mol. The highest BCUT2D eigenvalue weighted by molar-refractivity contribution is 7.80. The third-order valence-corrected chi connectivity index (χ3v) is 2.84. The maximum absolute atomic E-state index is 5.96. The first kappa shape index (κ1) is 12.0. The summed E-state index contributed by atoms with van der Waals surface area (Å²) in [7, 11) is 3.36. The molecular formula is C9H11Cl2NOS. The zero-order chi connectivity index (χ0) is 10.7. The van der Waals surface area contributed by atoms with Crippen LogP contribution in [0.2, 0.25) is 10.0 Å². The molecule has 1 aromatic carbocycles. The summed E-state index contributed by atoms with van der Waals surface area (Å²) in [6.45, 7) is 0. The highest BCUT2D eigenvalue weighted by atomic mass is 35.5. The summed E-state index contributed by atoms with van der Waals surface area (Å²) in [4.78, 5) is 0. The van der Waals surface area contributed by atoms with Crippen molar-refractivity contribution in [1.82, 2.24) is 5.32 Å². The molecule has 0 fully saturated rings. The Kier molecular flexibility index (Phi) is 4.38. The number of hydrogen-bond donors (Lipinski definition) is 2. The molecule has 0 amide bonds. The van der Waals surface area contributed by atoms with E-state index in [1.165, 1.54) is 0 Å². The minimum atomic E-state index is -0.152. The summed E-state index contributed by atoms with van der Waals surface area (Å²) >= 11 is 16.2. The molecule has 1 N–H and O–H groups in total. The number of methoxy groups -OCH3 is 1. The van der Waals surface area contributed by atoms with Crippen LogP contribution in [0.25, 0.3) is 0 Å². The summed E-state index contributed by atoms with van der Waals surface area (Å²) in [5.74, 6) is 0.602. The minimum Gasteiger partial charge on any atom is -0.495 e. The van der Waals surface area contributed by atoms with Crippen molar-refractivity contribution in [2.75, 3.05) is 14.2 Å². The second-order valence-corrected chi connectivity index (χ2v) is 4.06. The molecule has 0 aliphatic rings. The van der Waals surface area contributed by atoms with Crippen molar-refractivity contribution in [3.8, 4) is 5.75 Å².